The summed E-state index contributed by atoms with van der Waals surface area (Å²) in [6.45, 7) is 11.8. The minimum absolute atomic E-state index is 0.771. The predicted molar refractivity (Wildman–Crippen MR) is 106 cm³/mol. The fraction of sp³-hybridized carbons (Fsp3) is 1.00. The summed E-state index contributed by atoms with van der Waals surface area (Å²) in [6.07, 6.45) is 14.8. The molecule has 0 aliphatic carbocycles. The third kappa shape index (κ3) is 11.2. The molecule has 2 atom stereocenters. The van der Waals surface area contributed by atoms with Crippen LogP contribution in [0.1, 0.15) is 98.3 Å². The molecule has 0 radical (unpaired) electrons. The van der Waals surface area contributed by atoms with E-state index >= 15 is 0 Å². The second kappa shape index (κ2) is 15.4. The zero-order chi connectivity index (χ0) is 17.5. The lowest BCUT2D eigenvalue weighted by Gasteiger charge is -2.35. The van der Waals surface area contributed by atoms with Crippen LogP contribution in [-0.4, -0.2) is 49.1 Å². The first kappa shape index (κ1) is 22.9. The van der Waals surface area contributed by atoms with Gasteiger partial charge in [0.1, 0.15) is 0 Å². The smallest absolute Gasteiger partial charge is 0.0107 e. The molecule has 2 unspecified atom stereocenters. The van der Waals surface area contributed by atoms with E-state index in [9.17, 15) is 0 Å². The predicted octanol–water partition coefficient (Wildman–Crippen LogP) is 5.96. The zero-order valence-corrected chi connectivity index (χ0v) is 17.2. The van der Waals surface area contributed by atoms with E-state index < -0.39 is 0 Å². The van der Waals surface area contributed by atoms with Gasteiger partial charge in [0.05, 0.1) is 0 Å². The topological polar surface area (TPSA) is 6.48 Å². The van der Waals surface area contributed by atoms with E-state index in [1.807, 2.05) is 0 Å². The lowest BCUT2D eigenvalue weighted by Crippen LogP contribution is -2.41. The monoisotopic (exact) mass is 326 g/mol. The summed E-state index contributed by atoms with van der Waals surface area (Å²) >= 11 is 0. The lowest BCUT2D eigenvalue weighted by molar-refractivity contribution is 0.140. The van der Waals surface area contributed by atoms with Gasteiger partial charge in [-0.3, -0.25) is 0 Å². The molecule has 0 saturated carbocycles. The molecule has 0 saturated heterocycles. The second-order valence-electron chi connectivity index (χ2n) is 7.50. The number of hydrogen-bond donors (Lipinski definition) is 0. The van der Waals surface area contributed by atoms with E-state index in [0.29, 0.717) is 0 Å². The van der Waals surface area contributed by atoms with Crippen molar-refractivity contribution < 1.29 is 0 Å². The molecule has 0 spiro atoms. The Labute approximate surface area is 148 Å². The Kier molecular flexibility index (Phi) is 15.4. The Balaban J connectivity index is 4.71. The van der Waals surface area contributed by atoms with Crippen LogP contribution in [0.5, 0.6) is 0 Å². The highest BCUT2D eigenvalue weighted by Gasteiger charge is 2.22. The fourth-order valence-electron chi connectivity index (χ4n) is 3.41. The van der Waals surface area contributed by atoms with Gasteiger partial charge in [-0.1, -0.05) is 66.2 Å². The summed E-state index contributed by atoms with van der Waals surface area (Å²) in [5, 5.41) is 0. The van der Waals surface area contributed by atoms with Crippen molar-refractivity contribution in [2.45, 2.75) is 110 Å². The summed E-state index contributed by atoms with van der Waals surface area (Å²) in [6, 6.07) is 1.54. The van der Waals surface area contributed by atoms with Crippen LogP contribution in [0.2, 0.25) is 0 Å². The van der Waals surface area contributed by atoms with Crippen molar-refractivity contribution in [1.29, 1.82) is 0 Å². The van der Waals surface area contributed by atoms with Crippen LogP contribution in [0.15, 0.2) is 0 Å². The molecular formula is C21H46N2. The van der Waals surface area contributed by atoms with Crippen molar-refractivity contribution in [3.63, 3.8) is 0 Å². The maximum absolute atomic E-state index is 2.66. The number of nitrogens with zero attached hydrogens (tertiary/aromatic N) is 2. The van der Waals surface area contributed by atoms with Gasteiger partial charge in [-0.2, -0.15) is 0 Å². The average molecular weight is 327 g/mol. The number of hydrogen-bond acceptors (Lipinski definition) is 2. The van der Waals surface area contributed by atoms with E-state index in [2.05, 4.69) is 51.6 Å². The van der Waals surface area contributed by atoms with Gasteiger partial charge >= 0.3 is 0 Å². The molecule has 0 bridgehead atoms. The summed E-state index contributed by atoms with van der Waals surface area (Å²) in [7, 11) is 4.72. The van der Waals surface area contributed by atoms with E-state index in [-0.39, 0.29) is 0 Å². The minimum atomic E-state index is 0.771. The molecule has 0 aliphatic rings. The zero-order valence-electron chi connectivity index (χ0n) is 17.2. The summed E-state index contributed by atoms with van der Waals surface area (Å²) in [5.41, 5.74) is 0. The Hall–Kier alpha value is -0.0800. The van der Waals surface area contributed by atoms with Crippen LogP contribution < -0.4 is 0 Å². The van der Waals surface area contributed by atoms with Gasteiger partial charge in [0.15, 0.2) is 0 Å². The van der Waals surface area contributed by atoms with Crippen molar-refractivity contribution in [3.05, 3.63) is 0 Å². The Morgan fingerprint density at radius 3 is 1.22 bits per heavy atom. The van der Waals surface area contributed by atoms with Crippen molar-refractivity contribution >= 4 is 0 Å². The Morgan fingerprint density at radius 1 is 0.565 bits per heavy atom. The van der Waals surface area contributed by atoms with Crippen LogP contribution in [0.25, 0.3) is 0 Å². The minimum Gasteiger partial charge on any atom is -0.303 e. The van der Waals surface area contributed by atoms with Gasteiger partial charge in [0.2, 0.25) is 0 Å². The average Bonchev–Trinajstić information content (AvgIpc) is 2.56. The summed E-state index contributed by atoms with van der Waals surface area (Å²) in [5.74, 6) is 0. The van der Waals surface area contributed by atoms with E-state index in [1.165, 1.54) is 83.7 Å². The fourth-order valence-corrected chi connectivity index (χ4v) is 3.41. The largest absolute Gasteiger partial charge is 0.303 e. The molecule has 0 aromatic carbocycles. The quantitative estimate of drug-likeness (QED) is 0.345. The maximum atomic E-state index is 2.66. The highest BCUT2D eigenvalue weighted by Crippen LogP contribution is 2.20. The summed E-state index contributed by atoms with van der Waals surface area (Å²) < 4.78 is 0. The first-order chi connectivity index (χ1) is 11.1. The molecule has 0 aliphatic heterocycles. The molecule has 0 heterocycles. The van der Waals surface area contributed by atoms with Crippen molar-refractivity contribution in [3.8, 4) is 0 Å². The molecule has 0 rings (SSSR count). The normalized spacial score (nSPS) is 14.6. The van der Waals surface area contributed by atoms with Crippen molar-refractivity contribution in [1.82, 2.24) is 9.80 Å². The molecule has 0 N–H and O–H groups in total. The standard InChI is InChI=1S/C21H46N2/c1-7-11-15-20(22(5)17-13-9-3)19-21(16-12-8-2)23(6)18-14-10-4/h20-21H,7-19H2,1-6H3. The first-order valence-corrected chi connectivity index (χ1v) is 10.5. The van der Waals surface area contributed by atoms with Crippen LogP contribution in [0.4, 0.5) is 0 Å². The number of unbranched alkanes of at least 4 members (excludes halogenated alkanes) is 4. The number of rotatable bonds is 16. The molecule has 0 amide bonds. The highest BCUT2D eigenvalue weighted by atomic mass is 15.2. The van der Waals surface area contributed by atoms with Gasteiger partial charge in [-0.25, -0.2) is 0 Å². The van der Waals surface area contributed by atoms with Crippen LogP contribution in [0.3, 0.4) is 0 Å². The van der Waals surface area contributed by atoms with E-state index in [0.717, 1.165) is 12.1 Å². The van der Waals surface area contributed by atoms with Crippen LogP contribution in [0, 0.1) is 0 Å². The molecule has 2 heteroatoms. The van der Waals surface area contributed by atoms with Crippen LogP contribution in [-0.2, 0) is 0 Å². The molecule has 0 fully saturated rings. The van der Waals surface area contributed by atoms with Gasteiger partial charge in [0.25, 0.3) is 0 Å². The molecule has 23 heavy (non-hydrogen) atoms. The highest BCUT2D eigenvalue weighted by molar-refractivity contribution is 4.79. The summed E-state index contributed by atoms with van der Waals surface area (Å²) in [4.78, 5) is 5.32. The molecule has 140 valence electrons. The molecule has 2 nitrogen and oxygen atoms in total. The third-order valence-electron chi connectivity index (χ3n) is 5.30. The third-order valence-corrected chi connectivity index (χ3v) is 5.30. The molecule has 0 aromatic heterocycles. The van der Waals surface area contributed by atoms with Gasteiger partial charge < -0.3 is 9.80 Å². The van der Waals surface area contributed by atoms with Crippen molar-refractivity contribution in [2.24, 2.45) is 0 Å². The molecular weight excluding hydrogens is 280 g/mol. The van der Waals surface area contributed by atoms with E-state index in [1.54, 1.807) is 0 Å². The van der Waals surface area contributed by atoms with Crippen molar-refractivity contribution in [2.75, 3.05) is 27.2 Å². The van der Waals surface area contributed by atoms with Gasteiger partial charge in [-0.15, -0.1) is 0 Å². The van der Waals surface area contributed by atoms with Gasteiger partial charge in [0, 0.05) is 12.1 Å². The SMILES string of the molecule is CCCCC(CC(CCCC)N(C)CCCC)N(C)CCCC. The van der Waals surface area contributed by atoms with E-state index in [4.69, 9.17) is 0 Å². The lowest BCUT2D eigenvalue weighted by atomic mass is 9.95. The first-order valence-electron chi connectivity index (χ1n) is 10.5. The van der Waals surface area contributed by atoms with Gasteiger partial charge in [-0.05, 0) is 59.3 Å². The Morgan fingerprint density at radius 2 is 0.913 bits per heavy atom. The maximum Gasteiger partial charge on any atom is 0.0107 e. The molecule has 0 aromatic rings. The Bertz CT molecular complexity index is 218. The second-order valence-corrected chi connectivity index (χ2v) is 7.50. The van der Waals surface area contributed by atoms with Crippen LogP contribution >= 0.6 is 0 Å².